The van der Waals surface area contributed by atoms with E-state index in [1.165, 1.54) is 0 Å². The summed E-state index contributed by atoms with van der Waals surface area (Å²) in [7, 11) is 0. The molecule has 3 N–H and O–H groups in total. The van der Waals surface area contributed by atoms with Gasteiger partial charge in [0.25, 0.3) is 0 Å². The van der Waals surface area contributed by atoms with Crippen molar-refractivity contribution in [1.29, 1.82) is 0 Å². The van der Waals surface area contributed by atoms with Crippen LogP contribution in [0.15, 0.2) is 16.6 Å². The molecule has 0 radical (unpaired) electrons. The maximum Gasteiger partial charge on any atom is 0.326 e. The highest BCUT2D eigenvalue weighted by molar-refractivity contribution is 9.10. The quantitative estimate of drug-likeness (QED) is 0.764. The van der Waals surface area contributed by atoms with E-state index in [0.717, 1.165) is 5.56 Å². The molecule has 2 amide bonds. The van der Waals surface area contributed by atoms with Crippen LogP contribution in [0.3, 0.4) is 0 Å². The Balaban J connectivity index is 2.81. The van der Waals surface area contributed by atoms with Crippen molar-refractivity contribution in [2.45, 2.75) is 26.8 Å². The molecule has 0 aliphatic rings. The van der Waals surface area contributed by atoms with E-state index in [2.05, 4.69) is 26.6 Å². The molecule has 110 valence electrons. The standard InChI is InChI=1S/C13H16BrClN2O3/c1-6(2)11(12(18)19)17-13(20)16-10-5-9(15)7(3)4-8(10)14/h4-6,11H,1-3H3,(H,18,19)(H2,16,17,20). The van der Waals surface area contributed by atoms with Gasteiger partial charge in [0.2, 0.25) is 0 Å². The van der Waals surface area contributed by atoms with Crippen LogP contribution in [-0.4, -0.2) is 23.1 Å². The van der Waals surface area contributed by atoms with Crippen LogP contribution in [0.1, 0.15) is 19.4 Å². The van der Waals surface area contributed by atoms with E-state index >= 15 is 0 Å². The third kappa shape index (κ3) is 4.38. The molecule has 1 aromatic carbocycles. The highest BCUT2D eigenvalue weighted by Gasteiger charge is 2.23. The van der Waals surface area contributed by atoms with Crippen LogP contribution < -0.4 is 10.6 Å². The molecule has 7 heteroatoms. The maximum atomic E-state index is 11.8. The van der Waals surface area contributed by atoms with Gasteiger partial charge in [-0.2, -0.15) is 0 Å². The van der Waals surface area contributed by atoms with Crippen LogP contribution in [-0.2, 0) is 4.79 Å². The second-order valence-corrected chi connectivity index (χ2v) is 6.00. The Morgan fingerprint density at radius 2 is 1.95 bits per heavy atom. The SMILES string of the molecule is Cc1cc(Br)c(NC(=O)NC(C(=O)O)C(C)C)cc1Cl. The first-order chi connectivity index (χ1) is 9.22. The van der Waals surface area contributed by atoms with Gasteiger partial charge < -0.3 is 15.7 Å². The summed E-state index contributed by atoms with van der Waals surface area (Å²) in [5, 5.41) is 14.5. The molecule has 1 rings (SSSR count). The number of carboxylic acids is 1. The van der Waals surface area contributed by atoms with E-state index in [4.69, 9.17) is 16.7 Å². The van der Waals surface area contributed by atoms with Crippen molar-refractivity contribution in [2.24, 2.45) is 5.92 Å². The number of anilines is 1. The molecule has 1 unspecified atom stereocenters. The van der Waals surface area contributed by atoms with E-state index in [0.29, 0.717) is 15.2 Å². The van der Waals surface area contributed by atoms with Gasteiger partial charge in [-0.05, 0) is 46.5 Å². The summed E-state index contributed by atoms with van der Waals surface area (Å²) in [6, 6.07) is 1.84. The van der Waals surface area contributed by atoms with Crippen molar-refractivity contribution in [3.63, 3.8) is 0 Å². The van der Waals surface area contributed by atoms with Gasteiger partial charge in [0.05, 0.1) is 5.69 Å². The molecule has 0 bridgehead atoms. The second-order valence-electron chi connectivity index (χ2n) is 4.74. The Morgan fingerprint density at radius 1 is 1.35 bits per heavy atom. The van der Waals surface area contributed by atoms with E-state index in [1.54, 1.807) is 26.0 Å². The summed E-state index contributed by atoms with van der Waals surface area (Å²) in [6.45, 7) is 5.28. The lowest BCUT2D eigenvalue weighted by Gasteiger charge is -2.18. The molecule has 0 fully saturated rings. The average Bonchev–Trinajstić information content (AvgIpc) is 2.32. The number of halogens is 2. The molecular weight excluding hydrogens is 348 g/mol. The number of aryl methyl sites for hydroxylation is 1. The first-order valence-electron chi connectivity index (χ1n) is 5.98. The van der Waals surface area contributed by atoms with Gasteiger partial charge in [-0.3, -0.25) is 0 Å². The van der Waals surface area contributed by atoms with E-state index in [9.17, 15) is 9.59 Å². The van der Waals surface area contributed by atoms with Crippen LogP contribution in [0.5, 0.6) is 0 Å². The Morgan fingerprint density at radius 3 is 2.45 bits per heavy atom. The molecule has 0 saturated heterocycles. The number of benzene rings is 1. The minimum absolute atomic E-state index is 0.219. The Labute approximate surface area is 130 Å². The average molecular weight is 364 g/mol. The second kappa shape index (κ2) is 6.95. The largest absolute Gasteiger partial charge is 0.480 e. The lowest BCUT2D eigenvalue weighted by molar-refractivity contribution is -0.140. The summed E-state index contributed by atoms with van der Waals surface area (Å²) in [4.78, 5) is 22.9. The summed E-state index contributed by atoms with van der Waals surface area (Å²) in [5.74, 6) is -1.29. The Hall–Kier alpha value is -1.27. The van der Waals surface area contributed by atoms with E-state index < -0.39 is 18.0 Å². The van der Waals surface area contributed by atoms with Crippen LogP contribution in [0.25, 0.3) is 0 Å². The highest BCUT2D eigenvalue weighted by atomic mass is 79.9. The Kier molecular flexibility index (Phi) is 5.83. The normalized spacial score (nSPS) is 12.1. The number of amides is 2. The zero-order valence-electron chi connectivity index (χ0n) is 11.3. The van der Waals surface area contributed by atoms with Gasteiger partial charge in [0.15, 0.2) is 0 Å². The zero-order chi connectivity index (χ0) is 15.4. The molecule has 0 aliphatic carbocycles. The first kappa shape index (κ1) is 16.8. The molecule has 1 aromatic rings. The number of urea groups is 1. The molecule has 0 aliphatic heterocycles. The number of aliphatic carboxylic acids is 1. The molecule has 0 spiro atoms. The molecule has 0 aromatic heterocycles. The molecular formula is C13H16BrClN2O3. The van der Waals surface area contributed by atoms with Gasteiger partial charge in [-0.25, -0.2) is 9.59 Å². The smallest absolute Gasteiger partial charge is 0.326 e. The van der Waals surface area contributed by atoms with Gasteiger partial charge >= 0.3 is 12.0 Å². The maximum absolute atomic E-state index is 11.8. The van der Waals surface area contributed by atoms with Crippen molar-refractivity contribution in [2.75, 3.05) is 5.32 Å². The van der Waals surface area contributed by atoms with Crippen molar-refractivity contribution in [1.82, 2.24) is 5.32 Å². The predicted octanol–water partition coefficient (Wildman–Crippen LogP) is 3.64. The zero-order valence-corrected chi connectivity index (χ0v) is 13.7. The van der Waals surface area contributed by atoms with Crippen LogP contribution >= 0.6 is 27.5 Å². The van der Waals surface area contributed by atoms with Crippen LogP contribution in [0.2, 0.25) is 5.02 Å². The van der Waals surface area contributed by atoms with E-state index in [-0.39, 0.29) is 5.92 Å². The minimum Gasteiger partial charge on any atom is -0.480 e. The fraction of sp³-hybridized carbons (Fsp3) is 0.385. The minimum atomic E-state index is -1.07. The van der Waals surface area contributed by atoms with Crippen LogP contribution in [0.4, 0.5) is 10.5 Å². The third-order valence-corrected chi connectivity index (χ3v) is 3.78. The number of hydrogen-bond acceptors (Lipinski definition) is 2. The summed E-state index contributed by atoms with van der Waals surface area (Å²) < 4.78 is 0.672. The van der Waals surface area contributed by atoms with Crippen molar-refractivity contribution >= 4 is 45.2 Å². The predicted molar refractivity (Wildman–Crippen MR) is 82.3 cm³/mol. The first-order valence-corrected chi connectivity index (χ1v) is 7.15. The van der Waals surface area contributed by atoms with Crippen molar-refractivity contribution in [3.8, 4) is 0 Å². The number of nitrogens with one attached hydrogen (secondary N) is 2. The summed E-state index contributed by atoms with van der Waals surface area (Å²) >= 11 is 9.31. The third-order valence-electron chi connectivity index (χ3n) is 2.72. The topological polar surface area (TPSA) is 78.4 Å². The van der Waals surface area contributed by atoms with Gasteiger partial charge in [0.1, 0.15) is 6.04 Å². The number of carboxylic acid groups (broad SMARTS) is 1. The number of carbonyl (C=O) groups is 2. The number of rotatable bonds is 4. The van der Waals surface area contributed by atoms with Crippen molar-refractivity contribution in [3.05, 3.63) is 27.2 Å². The van der Waals surface area contributed by atoms with Gasteiger partial charge in [0, 0.05) is 9.50 Å². The van der Waals surface area contributed by atoms with Gasteiger partial charge in [-0.15, -0.1) is 0 Å². The van der Waals surface area contributed by atoms with E-state index in [1.807, 2.05) is 6.92 Å². The molecule has 0 saturated carbocycles. The molecule has 1 atom stereocenters. The summed E-state index contributed by atoms with van der Waals surface area (Å²) in [5.41, 5.74) is 1.35. The summed E-state index contributed by atoms with van der Waals surface area (Å²) in [6.07, 6.45) is 0. The Bertz CT molecular complexity index is 535. The lowest BCUT2D eigenvalue weighted by atomic mass is 10.1. The number of hydrogen-bond donors (Lipinski definition) is 3. The van der Waals surface area contributed by atoms with Crippen molar-refractivity contribution < 1.29 is 14.7 Å². The monoisotopic (exact) mass is 362 g/mol. The fourth-order valence-electron chi connectivity index (χ4n) is 1.56. The van der Waals surface area contributed by atoms with Crippen LogP contribution in [0, 0.1) is 12.8 Å². The fourth-order valence-corrected chi connectivity index (χ4v) is 2.28. The van der Waals surface area contributed by atoms with Gasteiger partial charge in [-0.1, -0.05) is 25.4 Å². The number of carbonyl (C=O) groups excluding carboxylic acids is 1. The lowest BCUT2D eigenvalue weighted by Crippen LogP contribution is -2.46. The molecule has 5 nitrogen and oxygen atoms in total. The highest BCUT2D eigenvalue weighted by Crippen LogP contribution is 2.29. The molecule has 0 heterocycles. The molecule has 20 heavy (non-hydrogen) atoms.